The third-order valence-corrected chi connectivity index (χ3v) is 3.50. The Morgan fingerprint density at radius 1 is 1.23 bits per heavy atom. The van der Waals surface area contributed by atoms with Crippen LogP contribution in [-0.4, -0.2) is 21.8 Å². The van der Waals surface area contributed by atoms with Gasteiger partial charge in [0.05, 0.1) is 5.56 Å². The molecule has 116 valence electrons. The first-order valence-corrected chi connectivity index (χ1v) is 6.29. The van der Waals surface area contributed by atoms with Crippen molar-refractivity contribution in [3.8, 4) is 6.07 Å². The molecule has 0 spiro atoms. The quantitative estimate of drug-likeness (QED) is 0.843. The molecular formula is C13H11F3N4O2. The van der Waals surface area contributed by atoms with Crippen LogP contribution in [0.4, 0.5) is 19.0 Å². The highest BCUT2D eigenvalue weighted by Gasteiger charge is 2.43. The van der Waals surface area contributed by atoms with Gasteiger partial charge in [0.1, 0.15) is 11.9 Å². The number of halogens is 3. The molecule has 2 unspecified atom stereocenters. The molecule has 6 nitrogen and oxygen atoms in total. The third-order valence-electron chi connectivity index (χ3n) is 3.50. The molecule has 0 radical (unpaired) electrons. The van der Waals surface area contributed by atoms with E-state index in [-0.39, 0.29) is 5.82 Å². The van der Waals surface area contributed by atoms with E-state index in [9.17, 15) is 22.8 Å². The van der Waals surface area contributed by atoms with Crippen molar-refractivity contribution >= 4 is 17.6 Å². The summed E-state index contributed by atoms with van der Waals surface area (Å²) in [7, 11) is 0. The van der Waals surface area contributed by atoms with Gasteiger partial charge in [0.15, 0.2) is 5.69 Å². The van der Waals surface area contributed by atoms with Crippen LogP contribution in [0.25, 0.3) is 0 Å². The molecule has 9 heteroatoms. The Labute approximate surface area is 123 Å². The summed E-state index contributed by atoms with van der Waals surface area (Å²) in [5.41, 5.74) is 0.345. The highest BCUT2D eigenvalue weighted by molar-refractivity contribution is 6.05. The second kappa shape index (κ2) is 5.29. The Balaban J connectivity index is 2.31. The molecule has 2 amide bonds. The number of alkyl halides is 3. The number of aromatic nitrogens is 1. The Morgan fingerprint density at radius 3 is 2.23 bits per heavy atom. The lowest BCUT2D eigenvalue weighted by Crippen LogP contribution is -2.36. The summed E-state index contributed by atoms with van der Waals surface area (Å²) >= 11 is 0. The summed E-state index contributed by atoms with van der Waals surface area (Å²) in [6.45, 7) is 3.15. The molecule has 1 saturated heterocycles. The van der Waals surface area contributed by atoms with E-state index >= 15 is 0 Å². The average Bonchev–Trinajstić information content (AvgIpc) is 2.64. The lowest BCUT2D eigenvalue weighted by atomic mass is 10.00. The first kappa shape index (κ1) is 15.8. The highest BCUT2D eigenvalue weighted by atomic mass is 19.4. The molecule has 1 aromatic rings. The number of amides is 2. The van der Waals surface area contributed by atoms with E-state index in [0.717, 1.165) is 6.07 Å². The molecule has 1 N–H and O–H groups in total. The standard InChI is InChI=1S/C13H11F3N4O2/c1-6-7(2)12(22)20(11(6)21)19-10-4-3-8(13(14,15)16)9(5-17)18-10/h3-4,6-7H,1-2H3,(H,18,19). The number of nitrogens with one attached hydrogen (secondary N) is 1. The largest absolute Gasteiger partial charge is 0.419 e. The van der Waals surface area contributed by atoms with Crippen molar-refractivity contribution in [3.05, 3.63) is 23.4 Å². The summed E-state index contributed by atoms with van der Waals surface area (Å²) in [6.07, 6.45) is -4.71. The number of hydrogen-bond acceptors (Lipinski definition) is 5. The molecule has 22 heavy (non-hydrogen) atoms. The molecule has 1 aliphatic heterocycles. The van der Waals surface area contributed by atoms with Crippen LogP contribution in [0.2, 0.25) is 0 Å². The van der Waals surface area contributed by atoms with Gasteiger partial charge in [-0.05, 0) is 12.1 Å². The third kappa shape index (κ3) is 2.59. The first-order chi connectivity index (χ1) is 10.2. The molecular weight excluding hydrogens is 301 g/mol. The van der Waals surface area contributed by atoms with E-state index in [1.54, 1.807) is 13.8 Å². The van der Waals surface area contributed by atoms with Crippen molar-refractivity contribution in [2.75, 3.05) is 5.43 Å². The zero-order valence-corrected chi connectivity index (χ0v) is 11.6. The predicted octanol–water partition coefficient (Wildman–Crippen LogP) is 1.94. The van der Waals surface area contributed by atoms with E-state index in [1.807, 2.05) is 0 Å². The van der Waals surface area contributed by atoms with Gasteiger partial charge in [-0.3, -0.25) is 15.0 Å². The van der Waals surface area contributed by atoms with E-state index in [2.05, 4.69) is 10.4 Å². The Kier molecular flexibility index (Phi) is 3.79. The van der Waals surface area contributed by atoms with Gasteiger partial charge in [-0.25, -0.2) is 4.98 Å². The summed E-state index contributed by atoms with van der Waals surface area (Å²) in [4.78, 5) is 27.3. The number of rotatable bonds is 2. The molecule has 2 rings (SSSR count). The molecule has 2 atom stereocenters. The smallest absolute Gasteiger partial charge is 0.272 e. The zero-order valence-electron chi connectivity index (χ0n) is 11.6. The van der Waals surface area contributed by atoms with Crippen LogP contribution in [0.1, 0.15) is 25.1 Å². The fourth-order valence-corrected chi connectivity index (χ4v) is 2.00. The predicted molar refractivity (Wildman–Crippen MR) is 67.8 cm³/mol. The fraction of sp³-hybridized carbons (Fsp3) is 0.385. The number of hydrogen-bond donors (Lipinski definition) is 1. The number of imide groups is 1. The summed E-state index contributed by atoms with van der Waals surface area (Å²) in [5.74, 6) is -2.27. The normalized spacial score (nSPS) is 21.9. The summed E-state index contributed by atoms with van der Waals surface area (Å²) in [6, 6.07) is 2.98. The van der Waals surface area contributed by atoms with Crippen LogP contribution in [0, 0.1) is 23.2 Å². The molecule has 0 aromatic carbocycles. The van der Waals surface area contributed by atoms with Crippen LogP contribution in [0.15, 0.2) is 12.1 Å². The van der Waals surface area contributed by atoms with Crippen molar-refractivity contribution in [2.24, 2.45) is 11.8 Å². The minimum absolute atomic E-state index is 0.187. The highest BCUT2D eigenvalue weighted by Crippen LogP contribution is 2.32. The van der Waals surface area contributed by atoms with Gasteiger partial charge in [0, 0.05) is 11.8 Å². The van der Waals surface area contributed by atoms with E-state index in [0.29, 0.717) is 11.1 Å². The van der Waals surface area contributed by atoms with Gasteiger partial charge in [0.25, 0.3) is 11.8 Å². The second-order valence-electron chi connectivity index (χ2n) is 4.90. The summed E-state index contributed by atoms with van der Waals surface area (Å²) in [5, 5.41) is 9.48. The van der Waals surface area contributed by atoms with Gasteiger partial charge in [0.2, 0.25) is 0 Å². The SMILES string of the molecule is CC1C(=O)N(Nc2ccc(C(F)(F)F)c(C#N)n2)C(=O)C1C. The fourth-order valence-electron chi connectivity index (χ4n) is 2.00. The van der Waals surface area contributed by atoms with E-state index in [4.69, 9.17) is 5.26 Å². The van der Waals surface area contributed by atoms with Crippen LogP contribution >= 0.6 is 0 Å². The molecule has 1 aliphatic rings. The minimum atomic E-state index is -4.71. The number of pyridine rings is 1. The maximum absolute atomic E-state index is 12.7. The van der Waals surface area contributed by atoms with Crippen LogP contribution in [-0.2, 0) is 15.8 Å². The second-order valence-corrected chi connectivity index (χ2v) is 4.90. The minimum Gasteiger partial charge on any atom is -0.272 e. The first-order valence-electron chi connectivity index (χ1n) is 6.29. The molecule has 1 aromatic heterocycles. The van der Waals surface area contributed by atoms with Gasteiger partial charge < -0.3 is 0 Å². The van der Waals surface area contributed by atoms with Crippen molar-refractivity contribution in [1.82, 2.24) is 9.99 Å². The van der Waals surface area contributed by atoms with Gasteiger partial charge in [-0.15, -0.1) is 0 Å². The molecule has 0 bridgehead atoms. The maximum Gasteiger partial charge on any atom is 0.419 e. The van der Waals surface area contributed by atoms with Crippen LogP contribution in [0.5, 0.6) is 0 Å². The number of nitrogens with zero attached hydrogens (tertiary/aromatic N) is 3. The number of carbonyl (C=O) groups is 2. The topological polar surface area (TPSA) is 86.1 Å². The maximum atomic E-state index is 12.7. The lowest BCUT2D eigenvalue weighted by Gasteiger charge is -2.17. The van der Waals surface area contributed by atoms with Gasteiger partial charge in [-0.2, -0.15) is 23.4 Å². The van der Waals surface area contributed by atoms with Gasteiger partial charge in [-0.1, -0.05) is 13.8 Å². The molecule has 0 aliphatic carbocycles. The Bertz CT molecular complexity index is 661. The van der Waals surface area contributed by atoms with Crippen LogP contribution in [0.3, 0.4) is 0 Å². The Morgan fingerprint density at radius 2 is 1.77 bits per heavy atom. The van der Waals surface area contributed by atoms with Crippen molar-refractivity contribution < 1.29 is 22.8 Å². The lowest BCUT2D eigenvalue weighted by molar-refractivity contribution is -0.139. The van der Waals surface area contributed by atoms with E-state index < -0.39 is 41.1 Å². The number of anilines is 1. The van der Waals surface area contributed by atoms with Crippen molar-refractivity contribution in [1.29, 1.82) is 5.26 Å². The molecule has 0 saturated carbocycles. The number of carbonyl (C=O) groups excluding carboxylic acids is 2. The average molecular weight is 312 g/mol. The number of hydrazine groups is 1. The van der Waals surface area contributed by atoms with Gasteiger partial charge >= 0.3 is 6.18 Å². The van der Waals surface area contributed by atoms with Crippen molar-refractivity contribution in [2.45, 2.75) is 20.0 Å². The van der Waals surface area contributed by atoms with Crippen LogP contribution < -0.4 is 5.43 Å². The monoisotopic (exact) mass is 312 g/mol. The van der Waals surface area contributed by atoms with Crippen molar-refractivity contribution in [3.63, 3.8) is 0 Å². The zero-order chi connectivity index (χ0) is 16.7. The molecule has 1 fully saturated rings. The Hall–Kier alpha value is -2.63. The molecule has 2 heterocycles. The number of nitriles is 1. The van der Waals surface area contributed by atoms with E-state index in [1.165, 1.54) is 6.07 Å². The summed E-state index contributed by atoms with van der Waals surface area (Å²) < 4.78 is 38.0.